The van der Waals surface area contributed by atoms with Crippen molar-refractivity contribution in [1.29, 1.82) is 0 Å². The number of anilines is 6. The molecule has 7 aromatic rings. The first-order valence-corrected chi connectivity index (χ1v) is 23.3. The highest BCUT2D eigenvalue weighted by Gasteiger charge is 2.48. The molecule has 0 saturated heterocycles. The molecule has 3 heterocycles. The van der Waals surface area contributed by atoms with Crippen LogP contribution in [0.25, 0.3) is 21.9 Å². The van der Waals surface area contributed by atoms with Gasteiger partial charge in [-0.3, -0.25) is 0 Å². The van der Waals surface area contributed by atoms with Crippen molar-refractivity contribution < 1.29 is 4.42 Å². The second-order valence-electron chi connectivity index (χ2n) is 23.3. The minimum Gasteiger partial charge on any atom is -0.456 e. The van der Waals surface area contributed by atoms with Gasteiger partial charge in [0, 0.05) is 33.8 Å². The Morgan fingerprint density at radius 3 is 1.79 bits per heavy atom. The maximum absolute atomic E-state index is 6.83. The minimum atomic E-state index is -0.00592. The zero-order chi connectivity index (χ0) is 43.6. The Kier molecular flexibility index (Phi) is 8.12. The van der Waals surface area contributed by atoms with Crippen LogP contribution in [0.1, 0.15) is 141 Å². The number of rotatable bonds is 2. The van der Waals surface area contributed by atoms with Crippen LogP contribution < -0.4 is 26.2 Å². The zero-order valence-electron chi connectivity index (χ0n) is 39.4. The smallest absolute Gasteiger partial charge is 0.252 e. The number of benzene rings is 6. The minimum absolute atomic E-state index is 0.00592. The molecule has 6 aromatic carbocycles. The summed E-state index contributed by atoms with van der Waals surface area (Å²) in [4.78, 5) is 5.29. The molecule has 0 spiro atoms. The molecule has 2 aliphatic carbocycles. The van der Waals surface area contributed by atoms with E-state index in [0.29, 0.717) is 0 Å². The largest absolute Gasteiger partial charge is 0.456 e. The zero-order valence-corrected chi connectivity index (χ0v) is 39.4. The average molecular weight is 815 g/mol. The first-order chi connectivity index (χ1) is 29.2. The van der Waals surface area contributed by atoms with Gasteiger partial charge in [-0.25, -0.2) is 0 Å². The number of nitrogens with zero attached hydrogens (tertiary/aromatic N) is 2. The van der Waals surface area contributed by atoms with Gasteiger partial charge >= 0.3 is 0 Å². The van der Waals surface area contributed by atoms with Gasteiger partial charge in [-0.05, 0) is 177 Å². The van der Waals surface area contributed by atoms with Crippen LogP contribution >= 0.6 is 0 Å². The van der Waals surface area contributed by atoms with E-state index in [0.717, 1.165) is 11.2 Å². The van der Waals surface area contributed by atoms with Gasteiger partial charge < -0.3 is 14.2 Å². The van der Waals surface area contributed by atoms with Crippen molar-refractivity contribution in [2.75, 3.05) is 9.80 Å². The molecule has 0 N–H and O–H groups in total. The highest BCUT2D eigenvalue weighted by atomic mass is 16.3. The van der Waals surface area contributed by atoms with Crippen LogP contribution in [0.15, 0.2) is 101 Å². The lowest BCUT2D eigenvalue weighted by molar-refractivity contribution is 0.332. The van der Waals surface area contributed by atoms with E-state index in [1.807, 2.05) is 0 Å². The Morgan fingerprint density at radius 2 is 1.13 bits per heavy atom. The van der Waals surface area contributed by atoms with Crippen molar-refractivity contribution >= 4 is 79.2 Å². The quantitative estimate of drug-likeness (QED) is 0.162. The van der Waals surface area contributed by atoms with Crippen LogP contribution in [0.3, 0.4) is 0 Å². The van der Waals surface area contributed by atoms with Crippen LogP contribution in [0.2, 0.25) is 0 Å². The van der Waals surface area contributed by atoms with Crippen LogP contribution in [0, 0.1) is 13.8 Å². The third-order valence-corrected chi connectivity index (χ3v) is 16.1. The fourth-order valence-electron chi connectivity index (χ4n) is 12.1. The van der Waals surface area contributed by atoms with E-state index in [9.17, 15) is 0 Å². The van der Waals surface area contributed by atoms with Gasteiger partial charge in [-0.1, -0.05) is 119 Å². The molecule has 0 unspecified atom stereocenters. The molecular weight excluding hydrogens is 751 g/mol. The third-order valence-electron chi connectivity index (χ3n) is 16.1. The van der Waals surface area contributed by atoms with Gasteiger partial charge in [0.15, 0.2) is 0 Å². The molecule has 11 rings (SSSR count). The number of aryl methyl sites for hydroxylation is 2. The number of furan rings is 1. The topological polar surface area (TPSA) is 19.6 Å². The normalized spacial score (nSPS) is 18.9. The molecule has 3 nitrogen and oxygen atoms in total. The van der Waals surface area contributed by atoms with Crippen LogP contribution in [0.4, 0.5) is 34.1 Å². The van der Waals surface area contributed by atoms with E-state index in [1.54, 1.807) is 0 Å². The molecule has 1 aromatic heterocycles. The van der Waals surface area contributed by atoms with Crippen LogP contribution in [-0.2, 0) is 27.1 Å². The first-order valence-electron chi connectivity index (χ1n) is 23.3. The van der Waals surface area contributed by atoms with Crippen molar-refractivity contribution in [2.24, 2.45) is 0 Å². The summed E-state index contributed by atoms with van der Waals surface area (Å²) in [6.07, 6.45) is 4.73. The molecule has 62 heavy (non-hydrogen) atoms. The Hall–Kier alpha value is -5.22. The Balaban J connectivity index is 1.29. The van der Waals surface area contributed by atoms with Crippen molar-refractivity contribution in [3.05, 3.63) is 136 Å². The summed E-state index contributed by atoms with van der Waals surface area (Å²) in [7, 11) is 0. The van der Waals surface area contributed by atoms with Crippen molar-refractivity contribution in [3.63, 3.8) is 0 Å². The van der Waals surface area contributed by atoms with Gasteiger partial charge in [0.1, 0.15) is 11.2 Å². The van der Waals surface area contributed by atoms with Crippen molar-refractivity contribution in [2.45, 2.75) is 143 Å². The lowest BCUT2D eigenvalue weighted by Gasteiger charge is -2.48. The molecule has 0 fully saturated rings. The summed E-state index contributed by atoms with van der Waals surface area (Å²) in [5, 5.41) is 2.38. The molecule has 0 radical (unpaired) electrons. The van der Waals surface area contributed by atoms with Gasteiger partial charge in [0.2, 0.25) is 0 Å². The number of hydrogen-bond acceptors (Lipinski definition) is 3. The summed E-state index contributed by atoms with van der Waals surface area (Å²) < 4.78 is 6.83. The van der Waals surface area contributed by atoms with E-state index >= 15 is 0 Å². The predicted molar refractivity (Wildman–Crippen MR) is 266 cm³/mol. The Labute approximate surface area is 370 Å². The van der Waals surface area contributed by atoms with Gasteiger partial charge in [-0.15, -0.1) is 0 Å². The van der Waals surface area contributed by atoms with E-state index in [-0.39, 0.29) is 33.8 Å². The molecule has 0 atom stereocenters. The molecule has 314 valence electrons. The molecule has 0 saturated carbocycles. The summed E-state index contributed by atoms with van der Waals surface area (Å²) in [6.45, 7) is 31.2. The monoisotopic (exact) mass is 815 g/mol. The highest BCUT2D eigenvalue weighted by molar-refractivity contribution is 7.00. The summed E-state index contributed by atoms with van der Waals surface area (Å²) >= 11 is 0. The Bertz CT molecular complexity index is 3060. The first kappa shape index (κ1) is 39.6. The fourth-order valence-corrected chi connectivity index (χ4v) is 12.1. The highest BCUT2D eigenvalue weighted by Crippen LogP contribution is 2.54. The second-order valence-corrected chi connectivity index (χ2v) is 23.3. The number of fused-ring (bicyclic) bond motifs is 10. The maximum atomic E-state index is 6.83. The molecule has 2 aliphatic heterocycles. The van der Waals surface area contributed by atoms with Crippen molar-refractivity contribution in [1.82, 2.24) is 0 Å². The van der Waals surface area contributed by atoms with Crippen LogP contribution in [-0.4, -0.2) is 6.71 Å². The van der Waals surface area contributed by atoms with Gasteiger partial charge in [0.25, 0.3) is 6.71 Å². The van der Waals surface area contributed by atoms with E-state index in [2.05, 4.69) is 197 Å². The van der Waals surface area contributed by atoms with E-state index in [4.69, 9.17) is 4.42 Å². The number of para-hydroxylation sites is 1. The molecule has 4 aliphatic rings. The van der Waals surface area contributed by atoms with E-state index in [1.165, 1.54) is 126 Å². The summed E-state index contributed by atoms with van der Waals surface area (Å²) in [5.41, 5.74) is 23.7. The Morgan fingerprint density at radius 1 is 0.532 bits per heavy atom. The molecular formula is C58H63BN2O. The average Bonchev–Trinajstić information content (AvgIpc) is 3.59. The second kappa shape index (κ2) is 12.7. The summed E-state index contributed by atoms with van der Waals surface area (Å²) in [5.74, 6) is 0. The van der Waals surface area contributed by atoms with Crippen molar-refractivity contribution in [3.8, 4) is 0 Å². The molecule has 0 amide bonds. The fraction of sp³-hybridized carbons (Fsp3) is 0.379. The van der Waals surface area contributed by atoms with Crippen LogP contribution in [0.5, 0.6) is 0 Å². The molecule has 0 bridgehead atoms. The molecule has 4 heteroatoms. The standard InChI is InChI=1S/C58H63BN2O/c1-34-28-47-52-48(29-34)61(45-17-15-14-16-35(45)2)53-43(21-23-50-51(53)38-30-36(54(3,4)5)18-22-49(38)62-50)59(52)44-32-41-42(58(12,13)27-26-57(41,10)11)33-46(44)60(47)37-19-20-39-40(31-37)56(8,9)25-24-55(39,6)7/h14-23,28-33H,24-27H2,1-13H3. The number of hydrogen-bond donors (Lipinski definition) is 0. The lowest BCUT2D eigenvalue weighted by atomic mass is 9.33. The summed E-state index contributed by atoms with van der Waals surface area (Å²) in [6, 6.07) is 38.3. The third kappa shape index (κ3) is 5.56. The maximum Gasteiger partial charge on any atom is 0.252 e. The lowest BCUT2D eigenvalue weighted by Crippen LogP contribution is -2.62. The SMILES string of the molecule is Cc1cc2c3c(c1)N(c1ccccc1C)c1c(ccc4oc5ccc(C(C)(C)C)cc5c14)B3c1cc3c(cc1N2c1ccc2c(c1)C(C)(C)CCC2(C)C)C(C)(C)CCC3(C)C. The van der Waals surface area contributed by atoms with Gasteiger partial charge in [-0.2, -0.15) is 0 Å². The van der Waals surface area contributed by atoms with E-state index < -0.39 is 0 Å². The van der Waals surface area contributed by atoms with Gasteiger partial charge in [0.05, 0.1) is 11.1 Å². The predicted octanol–water partition coefficient (Wildman–Crippen LogP) is 14.3.